The van der Waals surface area contributed by atoms with Gasteiger partial charge in [0.15, 0.2) is 0 Å². The zero-order chi connectivity index (χ0) is 6.78. The predicted octanol–water partition coefficient (Wildman–Crippen LogP) is 0.975. The summed E-state index contributed by atoms with van der Waals surface area (Å²) in [4.78, 5) is 9.55. The van der Waals surface area contributed by atoms with Gasteiger partial charge in [0.05, 0.1) is 0 Å². The van der Waals surface area contributed by atoms with Gasteiger partial charge in [-0.25, -0.2) is 0 Å². The molecule has 0 aromatic rings. The average Bonchev–Trinajstić information content (AvgIpc) is 1.62. The van der Waals surface area contributed by atoms with Crippen LogP contribution in [0.3, 0.4) is 0 Å². The van der Waals surface area contributed by atoms with Gasteiger partial charge in [-0.15, -0.1) is 0 Å². The molecule has 0 heterocycles. The highest BCUT2D eigenvalue weighted by Crippen LogP contribution is 2.14. The molecule has 2 nitrogen and oxygen atoms in total. The number of amides is 1. The van der Waals surface area contributed by atoms with Crippen molar-refractivity contribution in [2.45, 2.75) is 6.18 Å². The molecule has 0 atom stereocenters. The first-order valence-electron chi connectivity index (χ1n) is 1.46. The zero-order valence-corrected chi connectivity index (χ0v) is 5.01. The Balaban J connectivity index is 3.82. The second-order valence-corrected chi connectivity index (χ2v) is 1.32. The first kappa shape index (κ1) is 7.74. The van der Waals surface area contributed by atoms with Crippen LogP contribution in [0, 0.1) is 0 Å². The van der Waals surface area contributed by atoms with Gasteiger partial charge < -0.3 is 0 Å². The minimum Gasteiger partial charge on any atom is -0.285 e. The van der Waals surface area contributed by atoms with E-state index in [9.17, 15) is 18.0 Å². The number of nitrogens with one attached hydrogen (secondary N) is 1. The highest BCUT2D eigenvalue weighted by atomic mass is 79.9. The van der Waals surface area contributed by atoms with Gasteiger partial charge >= 0.3 is 12.1 Å². The van der Waals surface area contributed by atoms with E-state index >= 15 is 0 Å². The third-order valence-electron chi connectivity index (χ3n) is 0.343. The van der Waals surface area contributed by atoms with Crippen LogP contribution in [0.2, 0.25) is 0 Å². The Bertz CT molecular complexity index is 99.9. The van der Waals surface area contributed by atoms with E-state index < -0.39 is 12.1 Å². The van der Waals surface area contributed by atoms with Gasteiger partial charge in [-0.1, -0.05) is 0 Å². The van der Waals surface area contributed by atoms with Gasteiger partial charge in [0, 0.05) is 16.1 Å². The minimum absolute atomic E-state index is 1.25. The fourth-order valence-electron chi connectivity index (χ4n) is 0.0536. The van der Waals surface area contributed by atoms with Crippen LogP contribution >= 0.6 is 16.1 Å². The third kappa shape index (κ3) is 2.15. The van der Waals surface area contributed by atoms with Crippen LogP contribution < -0.4 is 4.34 Å². The Morgan fingerprint density at radius 3 is 1.88 bits per heavy atom. The van der Waals surface area contributed by atoms with E-state index in [0.29, 0.717) is 0 Å². The van der Waals surface area contributed by atoms with E-state index in [4.69, 9.17) is 0 Å². The van der Waals surface area contributed by atoms with Crippen LogP contribution in [0.15, 0.2) is 0 Å². The summed E-state index contributed by atoms with van der Waals surface area (Å²) >= 11 is 2.13. The second-order valence-electron chi connectivity index (χ2n) is 0.921. The molecule has 0 saturated carbocycles. The maximum atomic E-state index is 11.0. The number of carbonyl (C=O) groups excluding carboxylic acids is 1. The summed E-state index contributed by atoms with van der Waals surface area (Å²) < 4.78 is 34.3. The Labute approximate surface area is 51.4 Å². The number of alkyl halides is 3. The van der Waals surface area contributed by atoms with Crippen molar-refractivity contribution >= 4 is 22.1 Å². The van der Waals surface area contributed by atoms with Crippen molar-refractivity contribution in [2.75, 3.05) is 0 Å². The summed E-state index contributed by atoms with van der Waals surface area (Å²) in [7, 11) is 0. The summed E-state index contributed by atoms with van der Waals surface area (Å²) in [5, 5.41) is 0. The molecule has 0 unspecified atom stereocenters. The van der Waals surface area contributed by atoms with Crippen LogP contribution in [-0.2, 0) is 4.79 Å². The molecule has 0 saturated heterocycles. The molecule has 48 valence electrons. The fraction of sp³-hybridized carbons (Fsp3) is 0.500. The Morgan fingerprint density at radius 2 is 1.88 bits per heavy atom. The number of carbonyl (C=O) groups is 1. The topological polar surface area (TPSA) is 29.1 Å². The van der Waals surface area contributed by atoms with Gasteiger partial charge in [0.1, 0.15) is 0 Å². The molecule has 0 aromatic heterocycles. The van der Waals surface area contributed by atoms with E-state index in [1.54, 1.807) is 0 Å². The van der Waals surface area contributed by atoms with Crippen molar-refractivity contribution < 1.29 is 18.0 Å². The number of rotatable bonds is 0. The lowest BCUT2D eigenvalue weighted by Gasteiger charge is -1.99. The molecule has 0 radical (unpaired) electrons. The van der Waals surface area contributed by atoms with Crippen LogP contribution in [0.4, 0.5) is 13.2 Å². The Kier molecular flexibility index (Phi) is 2.26. The van der Waals surface area contributed by atoms with Gasteiger partial charge in [0.25, 0.3) is 0 Å². The first-order chi connectivity index (χ1) is 3.48. The fourth-order valence-corrected chi connectivity index (χ4v) is 0.278. The third-order valence-corrected chi connectivity index (χ3v) is 0.703. The number of hydrogen-bond acceptors (Lipinski definition) is 1. The molecule has 0 aliphatic carbocycles. The lowest BCUT2D eigenvalue weighted by Crippen LogP contribution is -2.30. The molecule has 0 fully saturated rings. The van der Waals surface area contributed by atoms with E-state index in [1.165, 1.54) is 4.34 Å². The monoisotopic (exact) mass is 191 g/mol. The Hall–Kier alpha value is -0.260. The number of hydrogen-bond donors (Lipinski definition) is 1. The summed E-state index contributed by atoms with van der Waals surface area (Å²) in [6.07, 6.45) is -4.79. The lowest BCUT2D eigenvalue weighted by molar-refractivity contribution is -0.171. The SMILES string of the molecule is O=C(NBr)C(F)(F)F. The van der Waals surface area contributed by atoms with E-state index in [1.807, 2.05) is 0 Å². The minimum atomic E-state index is -4.79. The van der Waals surface area contributed by atoms with Crippen LogP contribution in [-0.4, -0.2) is 12.1 Å². The van der Waals surface area contributed by atoms with Gasteiger partial charge in [0.2, 0.25) is 0 Å². The van der Waals surface area contributed by atoms with Crippen molar-refractivity contribution in [3.63, 3.8) is 0 Å². The summed E-state index contributed by atoms with van der Waals surface area (Å²) in [6, 6.07) is 0. The van der Waals surface area contributed by atoms with Crippen molar-refractivity contribution in [1.82, 2.24) is 4.34 Å². The van der Waals surface area contributed by atoms with Crippen molar-refractivity contribution in [2.24, 2.45) is 0 Å². The standard InChI is InChI=1S/C2HBrF3NO/c3-7-1(8)2(4,5)6/h(H,7,8). The molecular weight excluding hydrogens is 191 g/mol. The molecule has 6 heteroatoms. The maximum absolute atomic E-state index is 11.0. The Morgan fingerprint density at radius 1 is 1.50 bits per heavy atom. The quantitative estimate of drug-likeness (QED) is 0.569. The van der Waals surface area contributed by atoms with Crippen molar-refractivity contribution in [3.8, 4) is 0 Å². The molecular formula is C2HBrF3NO. The lowest BCUT2D eigenvalue weighted by atomic mass is 10.6. The van der Waals surface area contributed by atoms with Crippen LogP contribution in [0.25, 0.3) is 0 Å². The zero-order valence-electron chi connectivity index (χ0n) is 3.42. The van der Waals surface area contributed by atoms with Crippen LogP contribution in [0.1, 0.15) is 0 Å². The molecule has 0 aliphatic heterocycles. The van der Waals surface area contributed by atoms with Gasteiger partial charge in [-0.3, -0.25) is 9.14 Å². The normalized spacial score (nSPS) is 11.0. The molecule has 0 rings (SSSR count). The number of halogens is 4. The summed E-state index contributed by atoms with van der Waals surface area (Å²) in [5.74, 6) is -2.00. The second kappa shape index (κ2) is 2.34. The molecule has 0 spiro atoms. The molecule has 0 aromatic carbocycles. The van der Waals surface area contributed by atoms with E-state index in [0.717, 1.165) is 0 Å². The molecule has 1 N–H and O–H groups in total. The molecule has 8 heavy (non-hydrogen) atoms. The summed E-state index contributed by atoms with van der Waals surface area (Å²) in [6.45, 7) is 0. The van der Waals surface area contributed by atoms with Crippen LogP contribution in [0.5, 0.6) is 0 Å². The molecule has 0 bridgehead atoms. The van der Waals surface area contributed by atoms with E-state index in [-0.39, 0.29) is 0 Å². The van der Waals surface area contributed by atoms with Crippen molar-refractivity contribution in [1.29, 1.82) is 0 Å². The first-order valence-corrected chi connectivity index (χ1v) is 2.25. The highest BCUT2D eigenvalue weighted by Gasteiger charge is 2.37. The molecule has 0 aliphatic rings. The molecule has 1 amide bonds. The predicted molar refractivity (Wildman–Crippen MR) is 23.1 cm³/mol. The summed E-state index contributed by atoms with van der Waals surface area (Å²) in [5.41, 5.74) is 0. The van der Waals surface area contributed by atoms with Crippen molar-refractivity contribution in [3.05, 3.63) is 0 Å². The largest absolute Gasteiger partial charge is 0.472 e. The smallest absolute Gasteiger partial charge is 0.285 e. The van der Waals surface area contributed by atoms with Gasteiger partial charge in [-0.2, -0.15) is 13.2 Å². The van der Waals surface area contributed by atoms with E-state index in [2.05, 4.69) is 16.1 Å². The van der Waals surface area contributed by atoms with Gasteiger partial charge in [-0.05, 0) is 0 Å². The average molecular weight is 192 g/mol. The highest BCUT2D eigenvalue weighted by molar-refractivity contribution is 9.08. The maximum Gasteiger partial charge on any atom is 0.472 e.